The average Bonchev–Trinajstić information content (AvgIpc) is 3.01. The largest absolute Gasteiger partial charge is 0.390 e. The van der Waals surface area contributed by atoms with Gasteiger partial charge in [-0.25, -0.2) is 0 Å². The Kier molecular flexibility index (Phi) is 6.32. The van der Waals surface area contributed by atoms with Gasteiger partial charge in [0.25, 0.3) is 0 Å². The molecule has 4 aliphatic carbocycles. The van der Waals surface area contributed by atoms with Crippen molar-refractivity contribution in [3.05, 3.63) is 11.1 Å². The van der Waals surface area contributed by atoms with E-state index < -0.39 is 17.8 Å². The average molecular weight is 475 g/mol. The maximum atomic E-state index is 12.9. The van der Waals surface area contributed by atoms with Gasteiger partial charge in [-0.3, -0.25) is 4.79 Å². The van der Waals surface area contributed by atoms with Crippen molar-refractivity contribution in [3.8, 4) is 0 Å². The normalized spacial score (nSPS) is 43.7. The minimum atomic E-state index is -1.05. The zero-order valence-corrected chi connectivity index (χ0v) is 23.0. The second-order valence-corrected chi connectivity index (χ2v) is 14.5. The minimum absolute atomic E-state index is 0.0271. The molecule has 0 spiro atoms. The van der Waals surface area contributed by atoms with E-state index in [1.165, 1.54) is 12.8 Å². The topological polar surface area (TPSA) is 77.8 Å². The standard InChI is InChI=1S/C30H50O4/c1-18(9-12-24(32)27(4,5)34)19-13-15-30(8)21-10-11-23-26(2,3)25(33)22(31)17-28(23,6)20(21)14-16-29(19,30)7/h18-19,23-25,32-34H,9-17H2,1-8H3/t18-,19-,23?,24?,25?,28-,29-,30+/m1/s1. The highest BCUT2D eigenvalue weighted by Crippen LogP contribution is 2.72. The van der Waals surface area contributed by atoms with Gasteiger partial charge in [-0.2, -0.15) is 0 Å². The first-order valence-electron chi connectivity index (χ1n) is 13.8. The van der Waals surface area contributed by atoms with E-state index in [-0.39, 0.29) is 27.4 Å². The summed E-state index contributed by atoms with van der Waals surface area (Å²) < 4.78 is 0. The lowest BCUT2D eigenvalue weighted by atomic mass is 9.43. The maximum Gasteiger partial charge on any atom is 0.162 e. The van der Waals surface area contributed by atoms with Gasteiger partial charge in [0.2, 0.25) is 0 Å². The summed E-state index contributed by atoms with van der Waals surface area (Å²) in [6.07, 6.45) is 7.35. The van der Waals surface area contributed by atoms with Gasteiger partial charge < -0.3 is 15.3 Å². The van der Waals surface area contributed by atoms with Crippen LogP contribution in [0.15, 0.2) is 11.1 Å². The van der Waals surface area contributed by atoms with Crippen LogP contribution in [0.4, 0.5) is 0 Å². The van der Waals surface area contributed by atoms with Crippen LogP contribution in [-0.4, -0.2) is 38.9 Å². The van der Waals surface area contributed by atoms with Crippen LogP contribution in [0.3, 0.4) is 0 Å². The molecule has 0 heterocycles. The van der Waals surface area contributed by atoms with E-state index in [0.717, 1.165) is 32.1 Å². The Morgan fingerprint density at radius 2 is 1.65 bits per heavy atom. The molecule has 34 heavy (non-hydrogen) atoms. The molecule has 2 fully saturated rings. The van der Waals surface area contributed by atoms with E-state index in [1.54, 1.807) is 25.0 Å². The second kappa shape index (κ2) is 8.15. The molecule has 0 aliphatic heterocycles. The molecule has 4 nitrogen and oxygen atoms in total. The van der Waals surface area contributed by atoms with Crippen molar-refractivity contribution in [2.45, 2.75) is 131 Å². The highest BCUT2D eigenvalue weighted by Gasteiger charge is 2.64. The molecule has 4 aliphatic rings. The minimum Gasteiger partial charge on any atom is -0.390 e. The fraction of sp³-hybridized carbons (Fsp3) is 0.900. The summed E-state index contributed by atoms with van der Waals surface area (Å²) >= 11 is 0. The number of aliphatic hydroxyl groups excluding tert-OH is 2. The van der Waals surface area contributed by atoms with Gasteiger partial charge in [0, 0.05) is 11.8 Å². The molecule has 8 atom stereocenters. The molecule has 0 aromatic carbocycles. The summed E-state index contributed by atoms with van der Waals surface area (Å²) in [4.78, 5) is 12.9. The van der Waals surface area contributed by atoms with Gasteiger partial charge in [-0.05, 0) is 99.2 Å². The number of aliphatic hydroxyl groups is 3. The van der Waals surface area contributed by atoms with Gasteiger partial charge in [-0.1, -0.05) is 52.7 Å². The first-order chi connectivity index (χ1) is 15.5. The zero-order chi connectivity index (χ0) is 25.5. The smallest absolute Gasteiger partial charge is 0.162 e. The van der Waals surface area contributed by atoms with Crippen LogP contribution in [0.1, 0.15) is 113 Å². The number of rotatable bonds is 5. The van der Waals surface area contributed by atoms with Crippen LogP contribution in [0.2, 0.25) is 0 Å². The Bertz CT molecular complexity index is 866. The number of Topliss-reactive ketones (excluding diaryl/α,β-unsaturated/α-hetero) is 1. The van der Waals surface area contributed by atoms with Crippen LogP contribution in [-0.2, 0) is 4.79 Å². The molecule has 0 bridgehead atoms. The molecule has 194 valence electrons. The predicted molar refractivity (Wildman–Crippen MR) is 136 cm³/mol. The molecule has 0 saturated heterocycles. The Hall–Kier alpha value is -0.710. The van der Waals surface area contributed by atoms with Gasteiger partial charge in [-0.15, -0.1) is 0 Å². The number of carbonyl (C=O) groups is 1. The number of hydrogen-bond acceptors (Lipinski definition) is 4. The Balaban J connectivity index is 1.63. The molecule has 0 aromatic rings. The lowest BCUT2D eigenvalue weighted by Crippen LogP contribution is -2.58. The van der Waals surface area contributed by atoms with Crippen LogP contribution < -0.4 is 0 Å². The van der Waals surface area contributed by atoms with Crippen molar-refractivity contribution in [3.63, 3.8) is 0 Å². The van der Waals surface area contributed by atoms with E-state index in [9.17, 15) is 20.1 Å². The molecule has 0 amide bonds. The Morgan fingerprint density at radius 1 is 1.00 bits per heavy atom. The van der Waals surface area contributed by atoms with Crippen molar-refractivity contribution in [1.29, 1.82) is 0 Å². The quantitative estimate of drug-likeness (QED) is 0.439. The summed E-state index contributed by atoms with van der Waals surface area (Å²) in [6.45, 7) is 17.3. The third kappa shape index (κ3) is 3.60. The molecule has 3 unspecified atom stereocenters. The van der Waals surface area contributed by atoms with Crippen LogP contribution >= 0.6 is 0 Å². The summed E-state index contributed by atoms with van der Waals surface area (Å²) in [5.74, 6) is 1.48. The lowest BCUT2D eigenvalue weighted by Gasteiger charge is -2.61. The number of fused-ring (bicyclic) bond motifs is 4. The molecular weight excluding hydrogens is 424 g/mol. The van der Waals surface area contributed by atoms with Crippen molar-refractivity contribution < 1.29 is 20.1 Å². The van der Waals surface area contributed by atoms with Crippen molar-refractivity contribution in [1.82, 2.24) is 0 Å². The monoisotopic (exact) mass is 474 g/mol. The van der Waals surface area contributed by atoms with Crippen molar-refractivity contribution in [2.75, 3.05) is 0 Å². The van der Waals surface area contributed by atoms with Crippen molar-refractivity contribution >= 4 is 5.78 Å². The molecule has 3 N–H and O–H groups in total. The van der Waals surface area contributed by atoms with E-state index in [1.807, 2.05) is 0 Å². The zero-order valence-electron chi connectivity index (χ0n) is 23.0. The summed E-state index contributed by atoms with van der Waals surface area (Å²) in [6, 6.07) is 0. The van der Waals surface area contributed by atoms with E-state index in [4.69, 9.17) is 0 Å². The second-order valence-electron chi connectivity index (χ2n) is 14.5. The number of hydrogen-bond donors (Lipinski definition) is 3. The SMILES string of the molecule is C[C@H](CCC(O)C(C)(C)O)[C@H]1CC[C@@]2(C)C3=C(CC[C@]12C)[C@@]1(C)CC(=O)C(O)C(C)(C)C1CC3. The van der Waals surface area contributed by atoms with Crippen LogP contribution in [0.5, 0.6) is 0 Å². The molecule has 4 rings (SSSR count). The highest BCUT2D eigenvalue weighted by molar-refractivity contribution is 5.86. The van der Waals surface area contributed by atoms with E-state index >= 15 is 0 Å². The van der Waals surface area contributed by atoms with Crippen LogP contribution in [0, 0.1) is 39.4 Å². The molecule has 0 aromatic heterocycles. The third-order valence-electron chi connectivity index (χ3n) is 11.9. The number of allylic oxidation sites excluding steroid dienone is 2. The maximum absolute atomic E-state index is 12.9. The fourth-order valence-electron chi connectivity index (χ4n) is 9.53. The Labute approximate surface area is 207 Å². The molecule has 0 radical (unpaired) electrons. The van der Waals surface area contributed by atoms with Gasteiger partial charge in [0.15, 0.2) is 5.78 Å². The number of carbonyl (C=O) groups excluding carboxylic acids is 1. The third-order valence-corrected chi connectivity index (χ3v) is 11.9. The summed E-state index contributed by atoms with van der Waals surface area (Å²) in [5, 5.41) is 31.3. The molecular formula is C30H50O4. The number of ketones is 1. The Morgan fingerprint density at radius 3 is 2.26 bits per heavy atom. The fourth-order valence-corrected chi connectivity index (χ4v) is 9.53. The summed E-state index contributed by atoms with van der Waals surface area (Å²) in [7, 11) is 0. The van der Waals surface area contributed by atoms with Crippen LogP contribution in [0.25, 0.3) is 0 Å². The van der Waals surface area contributed by atoms with Gasteiger partial charge in [0.1, 0.15) is 6.10 Å². The first-order valence-corrected chi connectivity index (χ1v) is 13.8. The van der Waals surface area contributed by atoms with Gasteiger partial charge in [0.05, 0.1) is 11.7 Å². The first kappa shape index (κ1) is 26.4. The molecule has 2 saturated carbocycles. The van der Waals surface area contributed by atoms with Gasteiger partial charge >= 0.3 is 0 Å². The lowest BCUT2D eigenvalue weighted by molar-refractivity contribution is -0.153. The van der Waals surface area contributed by atoms with Crippen molar-refractivity contribution in [2.24, 2.45) is 39.4 Å². The highest BCUT2D eigenvalue weighted by atomic mass is 16.3. The van der Waals surface area contributed by atoms with E-state index in [2.05, 4.69) is 41.5 Å². The van der Waals surface area contributed by atoms with E-state index in [0.29, 0.717) is 30.6 Å². The predicted octanol–water partition coefficient (Wildman–Crippen LogP) is 5.82. The molecule has 4 heteroatoms. The summed E-state index contributed by atoms with van der Waals surface area (Å²) in [5.41, 5.74) is 2.03.